The number of carbonyl (C=O) groups is 1. The van der Waals surface area contributed by atoms with Crippen molar-refractivity contribution in [1.29, 1.82) is 0 Å². The molecule has 0 unspecified atom stereocenters. The molecule has 8 heteroatoms. The fourth-order valence-corrected chi connectivity index (χ4v) is 3.04. The lowest BCUT2D eigenvalue weighted by Crippen LogP contribution is -2.38. The monoisotopic (exact) mass is 302 g/mol. The molecule has 0 aromatic carbocycles. The molecule has 1 aliphatic heterocycles. The predicted octanol–water partition coefficient (Wildman–Crippen LogP) is 1.15. The summed E-state index contributed by atoms with van der Waals surface area (Å²) in [5, 5.41) is 15.8. The molecule has 22 heavy (non-hydrogen) atoms. The molecule has 0 bridgehead atoms. The van der Waals surface area contributed by atoms with Crippen molar-refractivity contribution in [3.05, 3.63) is 23.3 Å². The zero-order chi connectivity index (χ0) is 15.1. The molecule has 2 aromatic heterocycles. The zero-order valence-electron chi connectivity index (χ0n) is 12.5. The fraction of sp³-hybridized carbons (Fsp3) is 0.643. The third kappa shape index (κ3) is 2.38. The topological polar surface area (TPSA) is 89.9 Å². The second-order valence-electron chi connectivity index (χ2n) is 6.13. The largest absolute Gasteiger partial charge is 0.332 e. The third-order valence-corrected chi connectivity index (χ3v) is 4.44. The van der Waals surface area contributed by atoms with Crippen LogP contribution in [0.2, 0.25) is 0 Å². The van der Waals surface area contributed by atoms with Crippen LogP contribution in [0.1, 0.15) is 53.5 Å². The Labute approximate surface area is 127 Å². The highest BCUT2D eigenvalue weighted by Gasteiger charge is 2.33. The first kappa shape index (κ1) is 13.4. The molecule has 8 nitrogen and oxygen atoms in total. The third-order valence-electron chi connectivity index (χ3n) is 4.44. The highest BCUT2D eigenvalue weighted by Crippen LogP contribution is 2.38. The highest BCUT2D eigenvalue weighted by molar-refractivity contribution is 5.93. The van der Waals surface area contributed by atoms with Crippen molar-refractivity contribution in [2.24, 2.45) is 0 Å². The van der Waals surface area contributed by atoms with Crippen molar-refractivity contribution in [3.8, 4) is 0 Å². The fourth-order valence-electron chi connectivity index (χ4n) is 3.04. The molecule has 2 fully saturated rings. The molecule has 1 aliphatic carbocycles. The van der Waals surface area contributed by atoms with Gasteiger partial charge >= 0.3 is 0 Å². The van der Waals surface area contributed by atoms with Crippen LogP contribution in [0.15, 0.2) is 10.8 Å². The summed E-state index contributed by atoms with van der Waals surface area (Å²) in [6.07, 6.45) is 6.40. The molecule has 0 spiro atoms. The number of likely N-dealkylation sites (tertiary alicyclic amines) is 1. The molecular formula is C14H18N6O2. The van der Waals surface area contributed by atoms with E-state index in [-0.39, 0.29) is 11.9 Å². The maximum Gasteiger partial charge on any atom is 0.278 e. The summed E-state index contributed by atoms with van der Waals surface area (Å²) in [6.45, 7) is 3.14. The minimum absolute atomic E-state index is 0.108. The normalized spacial score (nSPS) is 21.5. The summed E-state index contributed by atoms with van der Waals surface area (Å²) in [5.74, 6) is 0.489. The number of nitrogens with zero attached hydrogens (tertiary/aromatic N) is 6. The minimum atomic E-state index is -0.108. The van der Waals surface area contributed by atoms with Gasteiger partial charge < -0.3 is 4.90 Å². The smallest absolute Gasteiger partial charge is 0.278 e. The van der Waals surface area contributed by atoms with Crippen molar-refractivity contribution in [2.45, 2.75) is 51.1 Å². The Morgan fingerprint density at radius 2 is 2.23 bits per heavy atom. The van der Waals surface area contributed by atoms with E-state index in [1.165, 1.54) is 12.8 Å². The highest BCUT2D eigenvalue weighted by atomic mass is 16.6. The van der Waals surface area contributed by atoms with Gasteiger partial charge in [-0.05, 0) is 37.8 Å². The van der Waals surface area contributed by atoms with Gasteiger partial charge in [-0.25, -0.2) is 4.63 Å². The van der Waals surface area contributed by atoms with Crippen molar-refractivity contribution < 1.29 is 9.42 Å². The Balaban J connectivity index is 1.48. The summed E-state index contributed by atoms with van der Waals surface area (Å²) in [6, 6.07) is 0.123. The van der Waals surface area contributed by atoms with Gasteiger partial charge in [0, 0.05) is 18.7 Å². The van der Waals surface area contributed by atoms with E-state index in [0.717, 1.165) is 25.1 Å². The second-order valence-corrected chi connectivity index (χ2v) is 6.13. The molecule has 2 aliphatic rings. The predicted molar refractivity (Wildman–Crippen MR) is 75.1 cm³/mol. The van der Waals surface area contributed by atoms with E-state index in [9.17, 15) is 4.79 Å². The molecule has 3 heterocycles. The number of aryl methyl sites for hydroxylation is 1. The Morgan fingerprint density at radius 1 is 1.36 bits per heavy atom. The molecule has 1 atom stereocenters. The quantitative estimate of drug-likeness (QED) is 0.841. The van der Waals surface area contributed by atoms with Crippen LogP contribution in [0.4, 0.5) is 0 Å². The molecule has 4 rings (SSSR count). The van der Waals surface area contributed by atoms with Gasteiger partial charge in [-0.3, -0.25) is 9.48 Å². The molecule has 1 saturated heterocycles. The summed E-state index contributed by atoms with van der Waals surface area (Å²) in [7, 11) is 0. The first-order valence-corrected chi connectivity index (χ1v) is 7.72. The summed E-state index contributed by atoms with van der Waals surface area (Å²) < 4.78 is 6.50. The van der Waals surface area contributed by atoms with Gasteiger partial charge in [0.05, 0.1) is 18.3 Å². The summed E-state index contributed by atoms with van der Waals surface area (Å²) >= 11 is 0. The zero-order valence-corrected chi connectivity index (χ0v) is 12.5. The first-order chi connectivity index (χ1) is 10.7. The number of aromatic nitrogens is 5. The summed E-state index contributed by atoms with van der Waals surface area (Å²) in [5.41, 5.74) is 1.92. The van der Waals surface area contributed by atoms with E-state index in [1.54, 1.807) is 6.92 Å². The average Bonchev–Trinajstić information content (AvgIpc) is 2.90. The number of amides is 1. The Morgan fingerprint density at radius 3 is 2.95 bits per heavy atom. The van der Waals surface area contributed by atoms with Crippen LogP contribution in [-0.4, -0.2) is 48.7 Å². The van der Waals surface area contributed by atoms with Gasteiger partial charge in [-0.2, -0.15) is 0 Å². The Bertz CT molecular complexity index is 689. The number of hydrogen-bond donors (Lipinski definition) is 0. The van der Waals surface area contributed by atoms with Crippen molar-refractivity contribution in [2.75, 3.05) is 6.54 Å². The maximum absolute atomic E-state index is 12.6. The SMILES string of the molecule is Cc1nonc1C(=O)N1CCC[C@H]1Cn1cc(C2CC2)nn1. The van der Waals surface area contributed by atoms with Crippen molar-refractivity contribution in [1.82, 2.24) is 30.2 Å². The molecule has 2 aromatic rings. The lowest BCUT2D eigenvalue weighted by Gasteiger charge is -2.23. The van der Waals surface area contributed by atoms with Gasteiger partial charge in [0.2, 0.25) is 0 Å². The van der Waals surface area contributed by atoms with Crippen molar-refractivity contribution >= 4 is 5.91 Å². The molecule has 116 valence electrons. The Kier molecular flexibility index (Phi) is 3.16. The van der Waals surface area contributed by atoms with Crippen LogP contribution < -0.4 is 0 Å². The molecule has 0 N–H and O–H groups in total. The minimum Gasteiger partial charge on any atom is -0.332 e. The molecule has 1 saturated carbocycles. The molecular weight excluding hydrogens is 284 g/mol. The molecule has 0 radical (unpaired) electrons. The standard InChI is InChI=1S/C14H18N6O2/c1-9-13(17-22-16-9)14(21)20-6-2-3-11(20)7-19-8-12(15-18-19)10-4-5-10/h8,10-11H,2-7H2,1H3/t11-/m0/s1. The average molecular weight is 302 g/mol. The van der Waals surface area contributed by atoms with Gasteiger partial charge in [-0.1, -0.05) is 10.4 Å². The van der Waals surface area contributed by atoms with Crippen LogP contribution >= 0.6 is 0 Å². The number of carbonyl (C=O) groups excluding carboxylic acids is 1. The van der Waals surface area contributed by atoms with E-state index in [4.69, 9.17) is 0 Å². The second kappa shape index (κ2) is 5.19. The number of hydrogen-bond acceptors (Lipinski definition) is 6. The van der Waals surface area contributed by atoms with Gasteiger partial charge in [-0.15, -0.1) is 5.10 Å². The maximum atomic E-state index is 12.6. The van der Waals surface area contributed by atoms with Crippen LogP contribution in [0, 0.1) is 6.92 Å². The van der Waals surface area contributed by atoms with Gasteiger partial charge in [0.15, 0.2) is 5.69 Å². The lowest BCUT2D eigenvalue weighted by molar-refractivity contribution is 0.0709. The van der Waals surface area contributed by atoms with E-state index in [0.29, 0.717) is 23.9 Å². The summed E-state index contributed by atoms with van der Waals surface area (Å²) in [4.78, 5) is 14.4. The van der Waals surface area contributed by atoms with E-state index in [1.807, 2.05) is 15.8 Å². The van der Waals surface area contributed by atoms with Crippen LogP contribution in [0.3, 0.4) is 0 Å². The van der Waals surface area contributed by atoms with E-state index in [2.05, 4.69) is 25.3 Å². The van der Waals surface area contributed by atoms with Gasteiger partial charge in [0.1, 0.15) is 5.69 Å². The van der Waals surface area contributed by atoms with Crippen LogP contribution in [0.25, 0.3) is 0 Å². The van der Waals surface area contributed by atoms with E-state index >= 15 is 0 Å². The Hall–Kier alpha value is -2.25. The van der Waals surface area contributed by atoms with E-state index < -0.39 is 0 Å². The molecule has 1 amide bonds. The lowest BCUT2D eigenvalue weighted by atomic mass is 10.2. The van der Waals surface area contributed by atoms with Gasteiger partial charge in [0.25, 0.3) is 5.91 Å². The van der Waals surface area contributed by atoms with Crippen LogP contribution in [0.5, 0.6) is 0 Å². The van der Waals surface area contributed by atoms with Crippen molar-refractivity contribution in [3.63, 3.8) is 0 Å². The van der Waals surface area contributed by atoms with Crippen LogP contribution in [-0.2, 0) is 6.54 Å². The number of rotatable bonds is 4. The first-order valence-electron chi connectivity index (χ1n) is 7.72.